The number of halogens is 1. The maximum atomic E-state index is 13.9. The lowest BCUT2D eigenvalue weighted by Crippen LogP contribution is -2.29. The summed E-state index contributed by atoms with van der Waals surface area (Å²) < 4.78 is 24.4. The molecule has 0 bridgehead atoms. The molecule has 8 heteroatoms. The second-order valence-corrected chi connectivity index (χ2v) is 7.62. The van der Waals surface area contributed by atoms with Gasteiger partial charge < -0.3 is 14.1 Å². The van der Waals surface area contributed by atoms with Crippen molar-refractivity contribution in [2.45, 2.75) is 12.6 Å². The Morgan fingerprint density at radius 1 is 1.15 bits per heavy atom. The first-order chi connectivity index (χ1) is 16.0. The van der Waals surface area contributed by atoms with Crippen molar-refractivity contribution in [1.29, 1.82) is 0 Å². The fourth-order valence-electron chi connectivity index (χ4n) is 4.11. The molecule has 4 aromatic rings. The number of aromatic nitrogens is 1. The molecule has 2 aromatic heterocycles. The molecule has 0 fully saturated rings. The Hall–Kier alpha value is -4.33. The Morgan fingerprint density at radius 2 is 1.94 bits per heavy atom. The Kier molecular flexibility index (Phi) is 4.97. The van der Waals surface area contributed by atoms with Gasteiger partial charge in [0.1, 0.15) is 11.4 Å². The van der Waals surface area contributed by atoms with E-state index in [-0.39, 0.29) is 28.8 Å². The zero-order valence-electron chi connectivity index (χ0n) is 17.4. The van der Waals surface area contributed by atoms with Gasteiger partial charge in [0.05, 0.1) is 29.7 Å². The quantitative estimate of drug-likeness (QED) is 0.444. The highest BCUT2D eigenvalue weighted by atomic mass is 19.1. The number of benzene rings is 2. The van der Waals surface area contributed by atoms with Crippen molar-refractivity contribution in [2.75, 3.05) is 7.11 Å². The number of hydrogen-bond donors (Lipinski definition) is 0. The number of fused-ring (bicyclic) bond motifs is 2. The summed E-state index contributed by atoms with van der Waals surface area (Å²) in [7, 11) is 1.28. The molecule has 0 radical (unpaired) electrons. The van der Waals surface area contributed by atoms with E-state index in [9.17, 15) is 18.8 Å². The van der Waals surface area contributed by atoms with E-state index in [1.165, 1.54) is 24.1 Å². The average molecular weight is 444 g/mol. The van der Waals surface area contributed by atoms with Gasteiger partial charge in [-0.15, -0.1) is 0 Å². The predicted molar refractivity (Wildman–Crippen MR) is 116 cm³/mol. The summed E-state index contributed by atoms with van der Waals surface area (Å²) in [5.74, 6) is -1.62. The minimum Gasteiger partial charge on any atom is -0.465 e. The minimum atomic E-state index is -0.789. The number of methoxy groups -OCH3 is 1. The Bertz CT molecular complexity index is 1450. The van der Waals surface area contributed by atoms with Crippen LogP contribution in [-0.2, 0) is 11.3 Å². The molecule has 7 nitrogen and oxygen atoms in total. The highest BCUT2D eigenvalue weighted by Crippen LogP contribution is 2.39. The summed E-state index contributed by atoms with van der Waals surface area (Å²) in [6, 6.07) is 12.8. The highest BCUT2D eigenvalue weighted by molar-refractivity contribution is 5.99. The van der Waals surface area contributed by atoms with Crippen LogP contribution in [0.1, 0.15) is 43.6 Å². The van der Waals surface area contributed by atoms with Crippen LogP contribution in [0.3, 0.4) is 0 Å². The van der Waals surface area contributed by atoms with Crippen molar-refractivity contribution in [3.05, 3.63) is 111 Å². The second-order valence-electron chi connectivity index (χ2n) is 7.62. The molecule has 0 N–H and O–H groups in total. The number of nitrogens with zero attached hydrogens (tertiary/aromatic N) is 2. The molecular weight excluding hydrogens is 427 g/mol. The molecule has 2 aromatic carbocycles. The third kappa shape index (κ3) is 3.45. The first-order valence-corrected chi connectivity index (χ1v) is 10.1. The van der Waals surface area contributed by atoms with Crippen molar-refractivity contribution >= 4 is 22.8 Å². The number of rotatable bonds is 4. The van der Waals surface area contributed by atoms with Gasteiger partial charge in [0.15, 0.2) is 5.43 Å². The number of carbonyl (C=O) groups excluding carboxylic acids is 2. The van der Waals surface area contributed by atoms with Crippen LogP contribution in [0.15, 0.2) is 76.2 Å². The van der Waals surface area contributed by atoms with Crippen molar-refractivity contribution in [2.24, 2.45) is 0 Å². The van der Waals surface area contributed by atoms with Gasteiger partial charge in [-0.1, -0.05) is 18.2 Å². The van der Waals surface area contributed by atoms with E-state index in [0.717, 1.165) is 11.6 Å². The normalized spacial score (nSPS) is 15.0. The molecule has 1 atom stereocenters. The Morgan fingerprint density at radius 3 is 2.64 bits per heavy atom. The van der Waals surface area contributed by atoms with Crippen LogP contribution in [0, 0.1) is 5.82 Å². The predicted octanol–water partition coefficient (Wildman–Crippen LogP) is 3.86. The molecule has 0 saturated carbocycles. The summed E-state index contributed by atoms with van der Waals surface area (Å²) in [6.45, 7) is 0.171. The van der Waals surface area contributed by atoms with Gasteiger partial charge in [-0.05, 0) is 47.5 Å². The minimum absolute atomic E-state index is 0.0564. The molecule has 3 heterocycles. The van der Waals surface area contributed by atoms with Gasteiger partial charge in [0.2, 0.25) is 5.76 Å². The van der Waals surface area contributed by atoms with E-state index in [0.29, 0.717) is 11.1 Å². The molecule has 1 unspecified atom stereocenters. The molecule has 33 heavy (non-hydrogen) atoms. The van der Waals surface area contributed by atoms with Crippen LogP contribution in [0.2, 0.25) is 0 Å². The molecular formula is C25H17FN2O5. The van der Waals surface area contributed by atoms with E-state index >= 15 is 0 Å². The smallest absolute Gasteiger partial charge is 0.337 e. The number of amides is 1. The highest BCUT2D eigenvalue weighted by Gasteiger charge is 2.42. The van der Waals surface area contributed by atoms with Crippen molar-refractivity contribution in [1.82, 2.24) is 9.88 Å². The Labute approximate surface area is 187 Å². The molecule has 1 amide bonds. The standard InChI is InChI=1S/C25H17FN2O5/c1-32-25(31)16-6-4-15(5-7-16)21-20-22(29)18-11-17(26)8-9-19(18)33-23(20)24(30)28(21)13-14-3-2-10-27-12-14/h2-12,21H,13H2,1H3. The van der Waals surface area contributed by atoms with Crippen molar-refractivity contribution in [3.63, 3.8) is 0 Å². The zero-order chi connectivity index (χ0) is 23.1. The fourth-order valence-corrected chi connectivity index (χ4v) is 4.11. The van der Waals surface area contributed by atoms with Gasteiger partial charge in [0, 0.05) is 18.9 Å². The van der Waals surface area contributed by atoms with Crippen LogP contribution in [-0.4, -0.2) is 28.9 Å². The summed E-state index contributed by atoms with van der Waals surface area (Å²) in [5.41, 5.74) is 1.48. The van der Waals surface area contributed by atoms with E-state index < -0.39 is 29.2 Å². The third-order valence-corrected chi connectivity index (χ3v) is 5.65. The van der Waals surface area contributed by atoms with Gasteiger partial charge >= 0.3 is 5.97 Å². The summed E-state index contributed by atoms with van der Waals surface area (Å²) in [4.78, 5) is 44.3. The summed E-state index contributed by atoms with van der Waals surface area (Å²) in [6.07, 6.45) is 3.26. The maximum Gasteiger partial charge on any atom is 0.337 e. The Balaban J connectivity index is 1.70. The molecule has 164 valence electrons. The molecule has 0 spiro atoms. The lowest BCUT2D eigenvalue weighted by Gasteiger charge is -2.25. The lowest BCUT2D eigenvalue weighted by molar-refractivity contribution is 0.0599. The number of pyridine rings is 1. The van der Waals surface area contributed by atoms with Crippen LogP contribution in [0.4, 0.5) is 4.39 Å². The second kappa shape index (κ2) is 7.98. The van der Waals surface area contributed by atoms with Gasteiger partial charge in [-0.25, -0.2) is 9.18 Å². The van der Waals surface area contributed by atoms with Crippen molar-refractivity contribution < 1.29 is 23.1 Å². The number of esters is 1. The van der Waals surface area contributed by atoms with Gasteiger partial charge in [-0.3, -0.25) is 14.6 Å². The van der Waals surface area contributed by atoms with Gasteiger partial charge in [-0.2, -0.15) is 0 Å². The average Bonchev–Trinajstić information content (AvgIpc) is 3.11. The van der Waals surface area contributed by atoms with E-state index in [2.05, 4.69) is 4.98 Å². The van der Waals surface area contributed by atoms with E-state index in [1.807, 2.05) is 6.07 Å². The van der Waals surface area contributed by atoms with E-state index in [1.54, 1.807) is 42.7 Å². The SMILES string of the molecule is COC(=O)c1ccc(C2c3c(oc4ccc(F)cc4c3=O)C(=O)N2Cc2cccnc2)cc1. The molecule has 0 aliphatic carbocycles. The largest absolute Gasteiger partial charge is 0.465 e. The maximum absolute atomic E-state index is 13.9. The van der Waals surface area contributed by atoms with Crippen LogP contribution in [0.25, 0.3) is 11.0 Å². The number of carbonyl (C=O) groups is 2. The van der Waals surface area contributed by atoms with E-state index in [4.69, 9.17) is 9.15 Å². The van der Waals surface area contributed by atoms with Crippen LogP contribution >= 0.6 is 0 Å². The zero-order valence-corrected chi connectivity index (χ0v) is 17.4. The first-order valence-electron chi connectivity index (χ1n) is 10.1. The summed E-state index contributed by atoms with van der Waals surface area (Å²) >= 11 is 0. The number of ether oxygens (including phenoxy) is 1. The molecule has 1 aliphatic rings. The van der Waals surface area contributed by atoms with Gasteiger partial charge in [0.25, 0.3) is 5.91 Å². The topological polar surface area (TPSA) is 89.7 Å². The monoisotopic (exact) mass is 444 g/mol. The third-order valence-electron chi connectivity index (χ3n) is 5.65. The lowest BCUT2D eigenvalue weighted by atomic mass is 9.97. The number of hydrogen-bond acceptors (Lipinski definition) is 6. The molecule has 5 rings (SSSR count). The molecule has 0 saturated heterocycles. The first kappa shape index (κ1) is 20.6. The van der Waals surface area contributed by atoms with Crippen LogP contribution < -0.4 is 5.43 Å². The summed E-state index contributed by atoms with van der Waals surface area (Å²) in [5, 5.41) is 0.0564. The molecule has 1 aliphatic heterocycles. The fraction of sp³-hybridized carbons (Fsp3) is 0.120. The van der Waals surface area contributed by atoms with Crippen molar-refractivity contribution in [3.8, 4) is 0 Å². The van der Waals surface area contributed by atoms with Crippen LogP contribution in [0.5, 0.6) is 0 Å².